The van der Waals surface area contributed by atoms with Crippen LogP contribution in [-0.2, 0) is 4.79 Å². The highest BCUT2D eigenvalue weighted by Gasteiger charge is 2.21. The lowest BCUT2D eigenvalue weighted by Crippen LogP contribution is -2.45. The monoisotopic (exact) mass is 293 g/mol. The molecule has 116 valence electrons. The van der Waals surface area contributed by atoms with Crippen molar-refractivity contribution in [3.63, 3.8) is 0 Å². The molecule has 1 rings (SSSR count). The average molecular weight is 293 g/mol. The quantitative estimate of drug-likeness (QED) is 0.752. The second-order valence-corrected chi connectivity index (χ2v) is 5.80. The van der Waals surface area contributed by atoms with Crippen molar-refractivity contribution in [3.05, 3.63) is 24.3 Å². The van der Waals surface area contributed by atoms with Crippen molar-refractivity contribution >= 4 is 23.4 Å². The molecule has 0 bridgehead atoms. The third kappa shape index (κ3) is 6.16. The summed E-state index contributed by atoms with van der Waals surface area (Å²) in [6.45, 7) is 3.59. The Morgan fingerprint density at radius 1 is 1.29 bits per heavy atom. The maximum Gasteiger partial charge on any atom is 0.319 e. The molecule has 0 aliphatic rings. The van der Waals surface area contributed by atoms with Gasteiger partial charge in [0.05, 0.1) is 0 Å². The van der Waals surface area contributed by atoms with Gasteiger partial charge in [0.25, 0.3) is 0 Å². The molecule has 0 saturated carbocycles. The van der Waals surface area contributed by atoms with Crippen LogP contribution >= 0.6 is 0 Å². The van der Waals surface area contributed by atoms with Crippen LogP contribution in [0.4, 0.5) is 16.2 Å². The van der Waals surface area contributed by atoms with Gasteiger partial charge in [0, 0.05) is 37.4 Å². The van der Waals surface area contributed by atoms with Crippen LogP contribution in [0.1, 0.15) is 26.7 Å². The second-order valence-electron chi connectivity index (χ2n) is 5.80. The van der Waals surface area contributed by atoms with Crippen molar-refractivity contribution in [1.82, 2.24) is 5.32 Å². The maximum absolute atomic E-state index is 12.0. The number of carboxylic acids is 1. The summed E-state index contributed by atoms with van der Waals surface area (Å²) in [5, 5.41) is 14.2. The number of nitrogens with zero attached hydrogens (tertiary/aromatic N) is 1. The van der Waals surface area contributed by atoms with Crippen LogP contribution < -0.4 is 15.5 Å². The van der Waals surface area contributed by atoms with E-state index in [0.717, 1.165) is 5.69 Å². The van der Waals surface area contributed by atoms with E-state index >= 15 is 0 Å². The molecule has 0 unspecified atom stereocenters. The first kappa shape index (κ1) is 16.8. The molecular weight excluding hydrogens is 270 g/mol. The first-order valence-corrected chi connectivity index (χ1v) is 6.78. The third-order valence-electron chi connectivity index (χ3n) is 3.04. The van der Waals surface area contributed by atoms with Crippen molar-refractivity contribution in [1.29, 1.82) is 0 Å². The Bertz CT molecular complexity index is 513. The summed E-state index contributed by atoms with van der Waals surface area (Å²) in [4.78, 5) is 24.5. The van der Waals surface area contributed by atoms with Crippen LogP contribution in [0.5, 0.6) is 0 Å². The van der Waals surface area contributed by atoms with Crippen LogP contribution in [0.25, 0.3) is 0 Å². The molecule has 0 aromatic heterocycles. The number of carbonyl (C=O) groups excluding carboxylic acids is 1. The molecule has 1 aromatic rings. The summed E-state index contributed by atoms with van der Waals surface area (Å²) in [7, 11) is 3.85. The molecule has 0 fully saturated rings. The molecule has 0 heterocycles. The Hall–Kier alpha value is -2.24. The van der Waals surface area contributed by atoms with Crippen molar-refractivity contribution < 1.29 is 14.7 Å². The smallest absolute Gasteiger partial charge is 0.319 e. The minimum absolute atomic E-state index is 0.0173. The summed E-state index contributed by atoms with van der Waals surface area (Å²) in [6.07, 6.45) is 0.386. The number of aliphatic carboxylic acids is 1. The molecular formula is C15H23N3O3. The standard InChI is InChI=1S/C15H23N3O3/c1-15(2,9-8-13(19)20)17-14(21)16-11-6-5-7-12(10-11)18(3)4/h5-7,10H,8-9H2,1-4H3,(H,19,20)(H2,16,17,21). The zero-order valence-corrected chi connectivity index (χ0v) is 12.9. The number of benzene rings is 1. The molecule has 6 nitrogen and oxygen atoms in total. The summed E-state index contributed by atoms with van der Waals surface area (Å²) in [5.74, 6) is -0.871. The van der Waals surface area contributed by atoms with Gasteiger partial charge in [-0.05, 0) is 38.5 Å². The lowest BCUT2D eigenvalue weighted by Gasteiger charge is -2.25. The second kappa shape index (κ2) is 6.97. The van der Waals surface area contributed by atoms with Crippen LogP contribution in [0.15, 0.2) is 24.3 Å². The topological polar surface area (TPSA) is 81.7 Å². The lowest BCUT2D eigenvalue weighted by atomic mass is 9.99. The number of amides is 2. The maximum atomic E-state index is 12.0. The van der Waals surface area contributed by atoms with E-state index in [4.69, 9.17) is 5.11 Å². The predicted molar refractivity (Wildman–Crippen MR) is 83.9 cm³/mol. The number of carboxylic acid groups (broad SMARTS) is 1. The molecule has 6 heteroatoms. The van der Waals surface area contributed by atoms with E-state index in [-0.39, 0.29) is 12.5 Å². The number of hydrogen-bond donors (Lipinski definition) is 3. The lowest BCUT2D eigenvalue weighted by molar-refractivity contribution is -0.137. The van der Waals surface area contributed by atoms with Crippen LogP contribution in [-0.4, -0.2) is 36.7 Å². The van der Waals surface area contributed by atoms with E-state index in [2.05, 4.69) is 10.6 Å². The number of nitrogens with one attached hydrogen (secondary N) is 2. The third-order valence-corrected chi connectivity index (χ3v) is 3.04. The van der Waals surface area contributed by atoms with E-state index in [1.165, 1.54) is 0 Å². The van der Waals surface area contributed by atoms with Crippen molar-refractivity contribution in [2.45, 2.75) is 32.2 Å². The molecule has 1 aromatic carbocycles. The fourth-order valence-corrected chi connectivity index (χ4v) is 1.81. The fourth-order valence-electron chi connectivity index (χ4n) is 1.81. The number of carbonyl (C=O) groups is 2. The zero-order chi connectivity index (χ0) is 16.0. The average Bonchev–Trinajstić information content (AvgIpc) is 2.36. The van der Waals surface area contributed by atoms with Gasteiger partial charge in [-0.3, -0.25) is 4.79 Å². The first-order valence-electron chi connectivity index (χ1n) is 6.78. The van der Waals surface area contributed by atoms with E-state index in [1.807, 2.05) is 37.2 Å². The minimum atomic E-state index is -0.871. The molecule has 0 radical (unpaired) electrons. The molecule has 0 saturated heterocycles. The Morgan fingerprint density at radius 2 is 1.95 bits per heavy atom. The van der Waals surface area contributed by atoms with Gasteiger partial charge in [0.15, 0.2) is 0 Å². The van der Waals surface area contributed by atoms with Gasteiger partial charge in [-0.1, -0.05) is 6.07 Å². The normalized spacial score (nSPS) is 10.9. The van der Waals surface area contributed by atoms with Crippen LogP contribution in [0, 0.1) is 0 Å². The molecule has 21 heavy (non-hydrogen) atoms. The predicted octanol–water partition coefficient (Wildman–Crippen LogP) is 2.52. The first-order chi connectivity index (χ1) is 9.69. The molecule has 3 N–H and O–H groups in total. The van der Waals surface area contributed by atoms with E-state index in [1.54, 1.807) is 19.9 Å². The van der Waals surface area contributed by atoms with Gasteiger partial charge in [-0.25, -0.2) is 4.79 Å². The fraction of sp³-hybridized carbons (Fsp3) is 0.467. The number of hydrogen-bond acceptors (Lipinski definition) is 3. The highest BCUT2D eigenvalue weighted by atomic mass is 16.4. The van der Waals surface area contributed by atoms with E-state index in [0.29, 0.717) is 12.1 Å². The van der Waals surface area contributed by atoms with Crippen molar-refractivity contribution in [2.75, 3.05) is 24.3 Å². The van der Waals surface area contributed by atoms with Gasteiger partial charge in [0.2, 0.25) is 0 Å². The van der Waals surface area contributed by atoms with Gasteiger partial charge >= 0.3 is 12.0 Å². The molecule has 2 amide bonds. The van der Waals surface area contributed by atoms with E-state index in [9.17, 15) is 9.59 Å². The number of anilines is 2. The van der Waals surface area contributed by atoms with Gasteiger partial charge in [-0.2, -0.15) is 0 Å². The largest absolute Gasteiger partial charge is 0.481 e. The Labute approximate surface area is 125 Å². The zero-order valence-electron chi connectivity index (χ0n) is 12.9. The molecule has 0 spiro atoms. The summed E-state index contributed by atoms with van der Waals surface area (Å²) in [5.41, 5.74) is 1.09. The molecule has 0 aliphatic heterocycles. The van der Waals surface area contributed by atoms with Crippen molar-refractivity contribution in [3.8, 4) is 0 Å². The molecule has 0 aliphatic carbocycles. The minimum Gasteiger partial charge on any atom is -0.481 e. The molecule has 0 atom stereocenters. The number of urea groups is 1. The van der Waals surface area contributed by atoms with Crippen LogP contribution in [0.3, 0.4) is 0 Å². The highest BCUT2D eigenvalue weighted by molar-refractivity contribution is 5.90. The van der Waals surface area contributed by atoms with Gasteiger partial charge in [-0.15, -0.1) is 0 Å². The summed E-state index contributed by atoms with van der Waals surface area (Å²) >= 11 is 0. The van der Waals surface area contributed by atoms with Gasteiger partial charge < -0.3 is 20.6 Å². The Kier molecular flexibility index (Phi) is 5.58. The summed E-state index contributed by atoms with van der Waals surface area (Å²) in [6, 6.07) is 7.13. The van der Waals surface area contributed by atoms with E-state index < -0.39 is 11.5 Å². The van der Waals surface area contributed by atoms with Crippen LogP contribution in [0.2, 0.25) is 0 Å². The SMILES string of the molecule is CN(C)c1cccc(NC(=O)NC(C)(C)CCC(=O)O)c1. The Morgan fingerprint density at radius 3 is 2.52 bits per heavy atom. The van der Waals surface area contributed by atoms with Crippen molar-refractivity contribution in [2.24, 2.45) is 0 Å². The summed E-state index contributed by atoms with van der Waals surface area (Å²) < 4.78 is 0. The highest BCUT2D eigenvalue weighted by Crippen LogP contribution is 2.18. The number of rotatable bonds is 6. The Balaban J connectivity index is 2.60. The van der Waals surface area contributed by atoms with Gasteiger partial charge in [0.1, 0.15) is 0 Å².